The van der Waals surface area contributed by atoms with Gasteiger partial charge in [0.05, 0.1) is 0 Å². The number of benzene rings is 1. The summed E-state index contributed by atoms with van der Waals surface area (Å²) in [6.07, 6.45) is 3.93. The number of hydrogen-bond acceptors (Lipinski definition) is 2. The van der Waals surface area contributed by atoms with Crippen LogP contribution in [0.1, 0.15) is 30.5 Å². The topological polar surface area (TPSA) is 24.9 Å². The van der Waals surface area contributed by atoms with Crippen molar-refractivity contribution >= 4 is 22.4 Å². The van der Waals surface area contributed by atoms with Gasteiger partial charge in [0.25, 0.3) is 0 Å². The molecule has 1 fully saturated rings. The Balaban J connectivity index is 1.81. The molecule has 2 nitrogen and oxygen atoms in total. The molecule has 0 atom stereocenters. The van der Waals surface area contributed by atoms with Crippen LogP contribution in [0, 0.1) is 18.7 Å². The van der Waals surface area contributed by atoms with Crippen LogP contribution < -0.4 is 5.32 Å². The molecule has 20 heavy (non-hydrogen) atoms. The van der Waals surface area contributed by atoms with Gasteiger partial charge in [0.2, 0.25) is 0 Å². The highest BCUT2D eigenvalue weighted by Crippen LogP contribution is 2.26. The largest absolute Gasteiger partial charge is 0.312 e. The molecule has 4 heteroatoms. The second-order valence-electron chi connectivity index (χ2n) is 5.62. The van der Waals surface area contributed by atoms with E-state index in [9.17, 15) is 4.39 Å². The molecule has 1 aliphatic carbocycles. The Morgan fingerprint density at radius 3 is 2.85 bits per heavy atom. The van der Waals surface area contributed by atoms with Crippen molar-refractivity contribution in [2.45, 2.75) is 32.7 Å². The Kier molecular flexibility index (Phi) is 3.90. The van der Waals surface area contributed by atoms with E-state index in [0.717, 1.165) is 28.9 Å². The number of pyridine rings is 1. The summed E-state index contributed by atoms with van der Waals surface area (Å²) < 4.78 is 14.1. The number of rotatable bonds is 4. The minimum Gasteiger partial charge on any atom is -0.312 e. The van der Waals surface area contributed by atoms with Gasteiger partial charge in [-0.3, -0.25) is 0 Å². The Labute approximate surface area is 123 Å². The first-order valence-electron chi connectivity index (χ1n) is 7.09. The maximum Gasteiger partial charge on any atom is 0.129 e. The second-order valence-corrected chi connectivity index (χ2v) is 6.01. The zero-order valence-electron chi connectivity index (χ0n) is 11.5. The predicted molar refractivity (Wildman–Crippen MR) is 80.5 cm³/mol. The van der Waals surface area contributed by atoms with E-state index in [1.165, 1.54) is 19.3 Å². The van der Waals surface area contributed by atoms with Crippen molar-refractivity contribution in [1.82, 2.24) is 10.3 Å². The van der Waals surface area contributed by atoms with Gasteiger partial charge in [-0.25, -0.2) is 9.37 Å². The van der Waals surface area contributed by atoms with Crippen molar-refractivity contribution in [1.29, 1.82) is 0 Å². The zero-order valence-corrected chi connectivity index (χ0v) is 12.3. The predicted octanol–water partition coefficient (Wildman–Crippen LogP) is 4.23. The normalized spacial score (nSPS) is 15.6. The zero-order chi connectivity index (χ0) is 14.1. The number of nitrogens with one attached hydrogen (secondary N) is 1. The standard InChI is InChI=1S/C16H18ClFN2/c1-10-14-7-15(18)13(5-12(14)6-16(17)20-10)9-19-8-11-3-2-4-11/h5-7,11,19H,2-4,8-9H2,1H3. The highest BCUT2D eigenvalue weighted by molar-refractivity contribution is 6.30. The van der Waals surface area contributed by atoms with Crippen molar-refractivity contribution in [2.24, 2.45) is 5.92 Å². The molecule has 0 bridgehead atoms. The molecule has 1 N–H and O–H groups in total. The van der Waals surface area contributed by atoms with Gasteiger partial charge in [0.1, 0.15) is 11.0 Å². The average molecular weight is 293 g/mol. The van der Waals surface area contributed by atoms with Crippen molar-refractivity contribution in [3.8, 4) is 0 Å². The first-order chi connectivity index (χ1) is 9.63. The summed E-state index contributed by atoms with van der Waals surface area (Å²) in [5, 5.41) is 5.58. The van der Waals surface area contributed by atoms with Crippen molar-refractivity contribution < 1.29 is 4.39 Å². The maximum absolute atomic E-state index is 14.1. The van der Waals surface area contributed by atoms with E-state index in [1.54, 1.807) is 12.1 Å². The fourth-order valence-electron chi connectivity index (χ4n) is 2.69. The Morgan fingerprint density at radius 2 is 2.15 bits per heavy atom. The number of nitrogens with zero attached hydrogens (tertiary/aromatic N) is 1. The Bertz CT molecular complexity index is 638. The molecule has 0 unspecified atom stereocenters. The third-order valence-electron chi connectivity index (χ3n) is 4.13. The van der Waals surface area contributed by atoms with Crippen LogP contribution in [0.4, 0.5) is 4.39 Å². The van der Waals surface area contributed by atoms with E-state index >= 15 is 0 Å². The third-order valence-corrected chi connectivity index (χ3v) is 4.32. The molecule has 0 amide bonds. The number of aromatic nitrogens is 1. The van der Waals surface area contributed by atoms with Crippen LogP contribution in [0.15, 0.2) is 18.2 Å². The molecule has 0 aliphatic heterocycles. The van der Waals surface area contributed by atoms with Crippen LogP contribution >= 0.6 is 11.6 Å². The van der Waals surface area contributed by atoms with Crippen LogP contribution in [0.5, 0.6) is 0 Å². The van der Waals surface area contributed by atoms with Gasteiger partial charge in [-0.2, -0.15) is 0 Å². The summed E-state index contributed by atoms with van der Waals surface area (Å²) in [4.78, 5) is 4.16. The van der Waals surface area contributed by atoms with Gasteiger partial charge in [-0.15, -0.1) is 0 Å². The minimum absolute atomic E-state index is 0.175. The lowest BCUT2D eigenvalue weighted by Gasteiger charge is -2.25. The Morgan fingerprint density at radius 1 is 1.35 bits per heavy atom. The van der Waals surface area contributed by atoms with E-state index in [4.69, 9.17) is 11.6 Å². The van der Waals surface area contributed by atoms with Crippen LogP contribution in [-0.2, 0) is 6.54 Å². The fourth-order valence-corrected chi connectivity index (χ4v) is 2.94. The van der Waals surface area contributed by atoms with E-state index in [0.29, 0.717) is 17.3 Å². The van der Waals surface area contributed by atoms with Crippen LogP contribution in [0.25, 0.3) is 10.8 Å². The summed E-state index contributed by atoms with van der Waals surface area (Å²) in [6, 6.07) is 5.23. The van der Waals surface area contributed by atoms with Crippen molar-refractivity contribution in [2.75, 3.05) is 6.54 Å². The quantitative estimate of drug-likeness (QED) is 0.853. The molecule has 106 valence electrons. The number of aryl methyl sites for hydroxylation is 1. The molecular weight excluding hydrogens is 275 g/mol. The van der Waals surface area contributed by atoms with Crippen molar-refractivity contribution in [3.05, 3.63) is 40.4 Å². The van der Waals surface area contributed by atoms with Gasteiger partial charge in [0, 0.05) is 23.2 Å². The molecule has 0 saturated heterocycles. The SMILES string of the molecule is Cc1nc(Cl)cc2cc(CNCC3CCC3)c(F)cc12. The molecule has 3 rings (SSSR count). The molecule has 0 radical (unpaired) electrons. The van der Waals surface area contributed by atoms with Crippen LogP contribution in [0.3, 0.4) is 0 Å². The summed E-state index contributed by atoms with van der Waals surface area (Å²) in [7, 11) is 0. The summed E-state index contributed by atoms with van der Waals surface area (Å²) in [6.45, 7) is 3.40. The first-order valence-corrected chi connectivity index (χ1v) is 7.47. The molecular formula is C16H18ClFN2. The van der Waals surface area contributed by atoms with Gasteiger partial charge in [0.15, 0.2) is 0 Å². The molecule has 1 aromatic heterocycles. The van der Waals surface area contributed by atoms with Crippen LogP contribution in [-0.4, -0.2) is 11.5 Å². The first kappa shape index (κ1) is 13.8. The maximum atomic E-state index is 14.1. The number of hydrogen-bond donors (Lipinski definition) is 1. The molecule has 1 saturated carbocycles. The highest BCUT2D eigenvalue weighted by atomic mass is 35.5. The van der Waals surface area contributed by atoms with Gasteiger partial charge in [-0.05, 0) is 55.8 Å². The summed E-state index contributed by atoms with van der Waals surface area (Å²) in [5.41, 5.74) is 1.46. The number of halogens is 2. The average Bonchev–Trinajstić information content (AvgIpc) is 2.34. The smallest absolute Gasteiger partial charge is 0.129 e. The summed E-state index contributed by atoms with van der Waals surface area (Å²) in [5.74, 6) is 0.602. The lowest BCUT2D eigenvalue weighted by Crippen LogP contribution is -2.27. The van der Waals surface area contributed by atoms with Gasteiger partial charge >= 0.3 is 0 Å². The lowest BCUT2D eigenvalue weighted by atomic mass is 9.85. The van der Waals surface area contributed by atoms with E-state index < -0.39 is 0 Å². The lowest BCUT2D eigenvalue weighted by molar-refractivity contribution is 0.301. The van der Waals surface area contributed by atoms with E-state index in [-0.39, 0.29) is 5.82 Å². The molecule has 0 spiro atoms. The summed E-state index contributed by atoms with van der Waals surface area (Å²) >= 11 is 5.97. The second kappa shape index (κ2) is 5.66. The molecule has 1 aromatic carbocycles. The minimum atomic E-state index is -0.175. The molecule has 1 heterocycles. The molecule has 1 aliphatic rings. The Hall–Kier alpha value is -1.19. The monoisotopic (exact) mass is 292 g/mol. The molecule has 2 aromatic rings. The third kappa shape index (κ3) is 2.79. The highest BCUT2D eigenvalue weighted by Gasteiger charge is 2.16. The van der Waals surface area contributed by atoms with Gasteiger partial charge in [-0.1, -0.05) is 18.0 Å². The van der Waals surface area contributed by atoms with Crippen LogP contribution in [0.2, 0.25) is 5.15 Å². The van der Waals surface area contributed by atoms with E-state index in [1.807, 2.05) is 13.0 Å². The van der Waals surface area contributed by atoms with E-state index in [2.05, 4.69) is 10.3 Å². The fraction of sp³-hybridized carbons (Fsp3) is 0.438. The van der Waals surface area contributed by atoms with Gasteiger partial charge < -0.3 is 5.32 Å². The van der Waals surface area contributed by atoms with Crippen molar-refractivity contribution in [3.63, 3.8) is 0 Å². The number of fused-ring (bicyclic) bond motifs is 1.